The number of rotatable bonds is 5. The molecule has 0 atom stereocenters. The van der Waals surface area contributed by atoms with Crippen molar-refractivity contribution in [2.75, 3.05) is 11.9 Å². The molecule has 1 aromatic carbocycles. The third-order valence-corrected chi connectivity index (χ3v) is 1.83. The van der Waals surface area contributed by atoms with Gasteiger partial charge in [0.25, 0.3) is 0 Å². The number of nitrogens with one attached hydrogen (secondary N) is 1. The van der Waals surface area contributed by atoms with Crippen LogP contribution in [-0.4, -0.2) is 6.54 Å². The number of hydrogen-bond donors (Lipinski definition) is 1. The van der Waals surface area contributed by atoms with Crippen LogP contribution in [0.3, 0.4) is 0 Å². The Labute approximate surface area is 74.8 Å². The Balaban J connectivity index is 2.16. The minimum absolute atomic E-state index is 1.08. The molecule has 1 N–H and O–H groups in total. The van der Waals surface area contributed by atoms with Gasteiger partial charge in [-0.3, -0.25) is 0 Å². The lowest BCUT2D eigenvalue weighted by Gasteiger charge is -2.04. The summed E-state index contributed by atoms with van der Waals surface area (Å²) in [4.78, 5) is 0. The smallest absolute Gasteiger partial charge is 0.0340 e. The molecule has 12 heavy (non-hydrogen) atoms. The molecule has 0 unspecified atom stereocenters. The molecule has 1 rings (SSSR count). The molecule has 0 spiro atoms. The SMILES string of the molecule is CCCCCNc1cc[c]cc1. The molecule has 0 bridgehead atoms. The van der Waals surface area contributed by atoms with E-state index in [1.165, 1.54) is 24.9 Å². The van der Waals surface area contributed by atoms with E-state index in [1.807, 2.05) is 24.3 Å². The molecule has 65 valence electrons. The molecule has 1 radical (unpaired) electrons. The van der Waals surface area contributed by atoms with Crippen molar-refractivity contribution in [3.63, 3.8) is 0 Å². The van der Waals surface area contributed by atoms with Crippen LogP contribution in [0.5, 0.6) is 0 Å². The fourth-order valence-electron chi connectivity index (χ4n) is 1.11. The second kappa shape index (κ2) is 5.64. The maximum Gasteiger partial charge on any atom is 0.0340 e. The molecule has 0 aliphatic carbocycles. The zero-order valence-corrected chi connectivity index (χ0v) is 7.64. The van der Waals surface area contributed by atoms with E-state index >= 15 is 0 Å². The molecular weight excluding hydrogens is 146 g/mol. The number of hydrogen-bond acceptors (Lipinski definition) is 1. The Morgan fingerprint density at radius 3 is 2.67 bits per heavy atom. The monoisotopic (exact) mass is 162 g/mol. The Hall–Kier alpha value is -0.980. The lowest BCUT2D eigenvalue weighted by atomic mass is 10.2. The Morgan fingerprint density at radius 2 is 2.00 bits per heavy atom. The van der Waals surface area contributed by atoms with Gasteiger partial charge in [0.05, 0.1) is 0 Å². The summed E-state index contributed by atoms with van der Waals surface area (Å²) in [5.74, 6) is 0. The average molecular weight is 162 g/mol. The molecule has 0 aliphatic rings. The summed E-state index contributed by atoms with van der Waals surface area (Å²) in [6.45, 7) is 3.30. The van der Waals surface area contributed by atoms with E-state index in [9.17, 15) is 0 Å². The zero-order valence-electron chi connectivity index (χ0n) is 7.64. The fourth-order valence-corrected chi connectivity index (χ4v) is 1.11. The van der Waals surface area contributed by atoms with E-state index in [2.05, 4.69) is 18.3 Å². The first-order valence-corrected chi connectivity index (χ1v) is 4.63. The van der Waals surface area contributed by atoms with Gasteiger partial charge in [0.15, 0.2) is 0 Å². The van der Waals surface area contributed by atoms with Crippen LogP contribution >= 0.6 is 0 Å². The summed E-state index contributed by atoms with van der Waals surface area (Å²) >= 11 is 0. The van der Waals surface area contributed by atoms with E-state index in [4.69, 9.17) is 0 Å². The van der Waals surface area contributed by atoms with Crippen LogP contribution in [0.1, 0.15) is 26.2 Å². The zero-order chi connectivity index (χ0) is 8.65. The molecule has 0 heterocycles. The van der Waals surface area contributed by atoms with Gasteiger partial charge in [-0.1, -0.05) is 31.9 Å². The molecular formula is C11H16N. The summed E-state index contributed by atoms with van der Waals surface area (Å²) in [7, 11) is 0. The Bertz CT molecular complexity index is 193. The Kier molecular flexibility index (Phi) is 4.28. The van der Waals surface area contributed by atoms with E-state index in [0.29, 0.717) is 0 Å². The molecule has 0 aromatic heterocycles. The van der Waals surface area contributed by atoms with Crippen molar-refractivity contribution in [3.8, 4) is 0 Å². The first-order valence-electron chi connectivity index (χ1n) is 4.63. The largest absolute Gasteiger partial charge is 0.385 e. The first-order chi connectivity index (χ1) is 5.93. The van der Waals surface area contributed by atoms with Crippen LogP contribution in [-0.2, 0) is 0 Å². The fraction of sp³-hybridized carbons (Fsp3) is 0.455. The summed E-state index contributed by atoms with van der Waals surface area (Å²) in [5.41, 5.74) is 1.20. The van der Waals surface area contributed by atoms with Crippen LogP contribution in [0.4, 0.5) is 5.69 Å². The highest BCUT2D eigenvalue weighted by molar-refractivity contribution is 5.41. The van der Waals surface area contributed by atoms with Crippen LogP contribution in [0.25, 0.3) is 0 Å². The van der Waals surface area contributed by atoms with Crippen LogP contribution in [0, 0.1) is 6.07 Å². The standard InChI is InChI=1S/C11H16N/c1-2-3-7-10-12-11-8-5-4-6-9-11/h5-6,8-9,12H,2-3,7,10H2,1H3. The average Bonchev–Trinajstić information content (AvgIpc) is 2.14. The summed E-state index contributed by atoms with van der Waals surface area (Å²) < 4.78 is 0. The van der Waals surface area contributed by atoms with Crippen molar-refractivity contribution in [1.29, 1.82) is 0 Å². The second-order valence-corrected chi connectivity index (χ2v) is 2.92. The van der Waals surface area contributed by atoms with Gasteiger partial charge in [0.1, 0.15) is 0 Å². The van der Waals surface area contributed by atoms with Crippen LogP contribution < -0.4 is 5.32 Å². The van der Waals surface area contributed by atoms with Gasteiger partial charge >= 0.3 is 0 Å². The van der Waals surface area contributed by atoms with Crippen LogP contribution in [0.15, 0.2) is 24.3 Å². The first kappa shape index (κ1) is 9.11. The maximum atomic E-state index is 3.36. The lowest BCUT2D eigenvalue weighted by molar-refractivity contribution is 0.744. The lowest BCUT2D eigenvalue weighted by Crippen LogP contribution is -2.00. The molecule has 0 fully saturated rings. The van der Waals surface area contributed by atoms with Gasteiger partial charge in [-0.2, -0.15) is 0 Å². The van der Waals surface area contributed by atoms with Gasteiger partial charge in [0, 0.05) is 12.2 Å². The van der Waals surface area contributed by atoms with E-state index < -0.39 is 0 Å². The highest BCUT2D eigenvalue weighted by Gasteiger charge is 1.88. The Morgan fingerprint density at radius 1 is 1.25 bits per heavy atom. The molecule has 0 amide bonds. The second-order valence-electron chi connectivity index (χ2n) is 2.92. The van der Waals surface area contributed by atoms with Gasteiger partial charge in [-0.15, -0.1) is 0 Å². The topological polar surface area (TPSA) is 12.0 Å². The van der Waals surface area contributed by atoms with Gasteiger partial charge in [-0.25, -0.2) is 0 Å². The number of anilines is 1. The molecule has 0 saturated carbocycles. The summed E-state index contributed by atoms with van der Waals surface area (Å²) in [6, 6.07) is 11.0. The van der Waals surface area contributed by atoms with E-state index in [1.54, 1.807) is 0 Å². The molecule has 1 nitrogen and oxygen atoms in total. The third-order valence-electron chi connectivity index (χ3n) is 1.83. The van der Waals surface area contributed by atoms with E-state index in [0.717, 1.165) is 6.54 Å². The van der Waals surface area contributed by atoms with Gasteiger partial charge in [-0.05, 0) is 24.6 Å². The van der Waals surface area contributed by atoms with Crippen molar-refractivity contribution < 1.29 is 0 Å². The third kappa shape index (κ3) is 3.42. The van der Waals surface area contributed by atoms with Crippen molar-refractivity contribution >= 4 is 5.69 Å². The molecule has 1 heteroatoms. The quantitative estimate of drug-likeness (QED) is 0.656. The highest BCUT2D eigenvalue weighted by atomic mass is 14.9. The summed E-state index contributed by atoms with van der Waals surface area (Å²) in [6.07, 6.45) is 3.85. The van der Waals surface area contributed by atoms with Gasteiger partial charge < -0.3 is 5.32 Å². The predicted molar refractivity (Wildman–Crippen MR) is 53.3 cm³/mol. The van der Waals surface area contributed by atoms with Gasteiger partial charge in [0.2, 0.25) is 0 Å². The van der Waals surface area contributed by atoms with E-state index in [-0.39, 0.29) is 0 Å². The molecule has 0 saturated heterocycles. The number of benzene rings is 1. The van der Waals surface area contributed by atoms with Crippen LogP contribution in [0.2, 0.25) is 0 Å². The highest BCUT2D eigenvalue weighted by Crippen LogP contribution is 2.04. The van der Waals surface area contributed by atoms with Crippen molar-refractivity contribution in [1.82, 2.24) is 0 Å². The number of unbranched alkanes of at least 4 members (excludes halogenated alkanes) is 2. The maximum absolute atomic E-state index is 3.36. The minimum Gasteiger partial charge on any atom is -0.385 e. The van der Waals surface area contributed by atoms with Crippen molar-refractivity contribution in [2.45, 2.75) is 26.2 Å². The van der Waals surface area contributed by atoms with Crippen molar-refractivity contribution in [3.05, 3.63) is 30.3 Å². The predicted octanol–water partition coefficient (Wildman–Crippen LogP) is 3.09. The molecule has 0 aliphatic heterocycles. The summed E-state index contributed by atoms with van der Waals surface area (Å²) in [5, 5.41) is 3.36. The van der Waals surface area contributed by atoms with Crippen molar-refractivity contribution in [2.24, 2.45) is 0 Å². The minimum atomic E-state index is 1.08. The molecule has 1 aromatic rings. The normalized spacial score (nSPS) is 9.75.